The number of carbonyl (C=O) groups is 1. The van der Waals surface area contributed by atoms with Crippen molar-refractivity contribution >= 4 is 11.7 Å². The molecule has 0 aliphatic carbocycles. The van der Waals surface area contributed by atoms with Crippen LogP contribution in [-0.2, 0) is 6.54 Å². The van der Waals surface area contributed by atoms with E-state index in [1.807, 2.05) is 65.0 Å². The largest absolute Gasteiger partial charge is 0.364 e. The summed E-state index contributed by atoms with van der Waals surface area (Å²) in [7, 11) is 0. The summed E-state index contributed by atoms with van der Waals surface area (Å²) in [5.74, 6) is 0.557. The number of nitrogens with one attached hydrogen (secondary N) is 1. The van der Waals surface area contributed by atoms with Crippen LogP contribution in [0.4, 0.5) is 5.82 Å². The summed E-state index contributed by atoms with van der Waals surface area (Å²) in [6.45, 7) is 10.7. The first-order chi connectivity index (χ1) is 11.3. The second-order valence-electron chi connectivity index (χ2n) is 7.17. The fourth-order valence-corrected chi connectivity index (χ4v) is 2.30. The van der Waals surface area contributed by atoms with Gasteiger partial charge in [-0.15, -0.1) is 0 Å². The second kappa shape index (κ2) is 7.43. The summed E-state index contributed by atoms with van der Waals surface area (Å²) in [5.41, 5.74) is 1.36. The van der Waals surface area contributed by atoms with Crippen molar-refractivity contribution in [3.05, 3.63) is 54.0 Å². The van der Waals surface area contributed by atoms with Crippen LogP contribution < -0.4 is 5.32 Å². The highest BCUT2D eigenvalue weighted by Gasteiger charge is 2.21. The molecule has 0 bridgehead atoms. The minimum absolute atomic E-state index is 0.0758. The van der Waals surface area contributed by atoms with E-state index in [0.29, 0.717) is 18.1 Å². The molecule has 5 heteroatoms. The molecular formula is C19H26N4O. The lowest BCUT2D eigenvalue weighted by Gasteiger charge is -2.26. The van der Waals surface area contributed by atoms with Gasteiger partial charge in [0.25, 0.3) is 5.91 Å². The third-order valence-corrected chi connectivity index (χ3v) is 3.45. The van der Waals surface area contributed by atoms with Gasteiger partial charge in [-0.25, -0.2) is 9.97 Å². The van der Waals surface area contributed by atoms with Crippen LogP contribution in [0.15, 0.2) is 42.7 Å². The zero-order valence-corrected chi connectivity index (χ0v) is 15.1. The van der Waals surface area contributed by atoms with E-state index < -0.39 is 0 Å². The predicted octanol–water partition coefficient (Wildman–Crippen LogP) is 3.74. The lowest BCUT2D eigenvalue weighted by molar-refractivity contribution is 0.0684. The van der Waals surface area contributed by atoms with E-state index in [0.717, 1.165) is 5.56 Å². The Morgan fingerprint density at radius 2 is 1.79 bits per heavy atom. The molecule has 1 aromatic carbocycles. The van der Waals surface area contributed by atoms with Crippen molar-refractivity contribution in [2.75, 3.05) is 5.32 Å². The number of anilines is 1. The highest BCUT2D eigenvalue weighted by atomic mass is 16.2. The molecule has 0 atom stereocenters. The fraction of sp³-hybridized carbons (Fsp3) is 0.421. The molecule has 0 saturated carbocycles. The van der Waals surface area contributed by atoms with Crippen molar-refractivity contribution in [2.24, 2.45) is 0 Å². The molecular weight excluding hydrogens is 300 g/mol. The number of hydrogen-bond donors (Lipinski definition) is 1. The molecule has 1 aromatic heterocycles. The number of nitrogens with zero attached hydrogens (tertiary/aromatic N) is 3. The number of benzene rings is 1. The van der Waals surface area contributed by atoms with Crippen LogP contribution in [0.2, 0.25) is 0 Å². The Hall–Kier alpha value is -2.43. The Morgan fingerprint density at radius 1 is 1.12 bits per heavy atom. The predicted molar refractivity (Wildman–Crippen MR) is 96.9 cm³/mol. The maximum atomic E-state index is 12.8. The molecule has 2 aromatic rings. The monoisotopic (exact) mass is 326 g/mol. The summed E-state index contributed by atoms with van der Waals surface area (Å²) in [6.07, 6.45) is 3.15. The average Bonchev–Trinajstić information content (AvgIpc) is 2.52. The zero-order valence-electron chi connectivity index (χ0n) is 15.1. The molecule has 1 N–H and O–H groups in total. The maximum Gasteiger partial charge on any atom is 0.274 e. The first-order valence-corrected chi connectivity index (χ1v) is 8.21. The fourth-order valence-electron chi connectivity index (χ4n) is 2.30. The van der Waals surface area contributed by atoms with E-state index in [4.69, 9.17) is 0 Å². The molecule has 1 amide bonds. The van der Waals surface area contributed by atoms with Gasteiger partial charge in [0.15, 0.2) is 0 Å². The van der Waals surface area contributed by atoms with Crippen LogP contribution in [0, 0.1) is 0 Å². The Bertz CT molecular complexity index is 660. The molecule has 0 radical (unpaired) electrons. The van der Waals surface area contributed by atoms with E-state index >= 15 is 0 Å². The van der Waals surface area contributed by atoms with Crippen molar-refractivity contribution in [3.63, 3.8) is 0 Å². The van der Waals surface area contributed by atoms with Gasteiger partial charge < -0.3 is 10.2 Å². The summed E-state index contributed by atoms with van der Waals surface area (Å²) in [5, 5.41) is 3.24. The van der Waals surface area contributed by atoms with E-state index in [-0.39, 0.29) is 17.5 Å². The molecule has 5 nitrogen and oxygen atoms in total. The van der Waals surface area contributed by atoms with Gasteiger partial charge in [-0.1, -0.05) is 30.3 Å². The van der Waals surface area contributed by atoms with Gasteiger partial charge in [-0.3, -0.25) is 4.79 Å². The Labute approximate surface area is 144 Å². The molecule has 0 saturated heterocycles. The SMILES string of the molecule is CC(C)N(Cc1ccccc1)C(=O)c1cnc(NC(C)(C)C)cn1. The molecule has 0 aliphatic heterocycles. The number of rotatable bonds is 5. The molecule has 0 spiro atoms. The van der Waals surface area contributed by atoms with Crippen LogP contribution in [0.5, 0.6) is 0 Å². The third-order valence-electron chi connectivity index (χ3n) is 3.45. The van der Waals surface area contributed by atoms with E-state index in [1.54, 1.807) is 11.1 Å². The van der Waals surface area contributed by atoms with Crippen LogP contribution in [0.3, 0.4) is 0 Å². The molecule has 24 heavy (non-hydrogen) atoms. The maximum absolute atomic E-state index is 12.8. The molecule has 1 heterocycles. The van der Waals surface area contributed by atoms with Crippen LogP contribution >= 0.6 is 0 Å². The summed E-state index contributed by atoms with van der Waals surface area (Å²) >= 11 is 0. The van der Waals surface area contributed by atoms with Gasteiger partial charge in [0.05, 0.1) is 12.4 Å². The smallest absolute Gasteiger partial charge is 0.274 e. The number of amides is 1. The molecule has 2 rings (SSSR count). The normalized spacial score (nSPS) is 11.4. The number of aromatic nitrogens is 2. The Morgan fingerprint density at radius 3 is 2.29 bits per heavy atom. The number of carbonyl (C=O) groups excluding carboxylic acids is 1. The highest BCUT2D eigenvalue weighted by molar-refractivity contribution is 5.92. The van der Waals surface area contributed by atoms with Crippen molar-refractivity contribution in [3.8, 4) is 0 Å². The first-order valence-electron chi connectivity index (χ1n) is 8.21. The molecule has 0 fully saturated rings. The van der Waals surface area contributed by atoms with E-state index in [9.17, 15) is 4.79 Å². The van der Waals surface area contributed by atoms with Gasteiger partial charge >= 0.3 is 0 Å². The first kappa shape index (κ1) is 17.9. The standard InChI is InChI=1S/C19H26N4O/c1-14(2)23(13-15-9-7-6-8-10-15)18(24)16-11-21-17(12-20-16)22-19(3,4)5/h6-12,14H,13H2,1-5H3,(H,21,22). The summed E-state index contributed by atoms with van der Waals surface area (Å²) in [6, 6.07) is 10.0. The molecule has 0 aliphatic rings. The van der Waals surface area contributed by atoms with Gasteiger partial charge in [0.1, 0.15) is 11.5 Å². The lowest BCUT2D eigenvalue weighted by atomic mass is 10.1. The van der Waals surface area contributed by atoms with Crippen molar-refractivity contribution in [1.29, 1.82) is 0 Å². The summed E-state index contributed by atoms with van der Waals surface area (Å²) in [4.78, 5) is 23.2. The van der Waals surface area contributed by atoms with Crippen LogP contribution in [0.1, 0.15) is 50.7 Å². The molecule has 128 valence electrons. The topological polar surface area (TPSA) is 58.1 Å². The van der Waals surface area contributed by atoms with E-state index in [1.165, 1.54) is 6.20 Å². The Kier molecular flexibility index (Phi) is 5.54. The van der Waals surface area contributed by atoms with E-state index in [2.05, 4.69) is 15.3 Å². The van der Waals surface area contributed by atoms with Crippen LogP contribution in [-0.4, -0.2) is 32.4 Å². The van der Waals surface area contributed by atoms with Gasteiger partial charge in [-0.2, -0.15) is 0 Å². The highest BCUT2D eigenvalue weighted by Crippen LogP contribution is 2.14. The van der Waals surface area contributed by atoms with Gasteiger partial charge in [0.2, 0.25) is 0 Å². The zero-order chi connectivity index (χ0) is 17.7. The van der Waals surface area contributed by atoms with Crippen LogP contribution in [0.25, 0.3) is 0 Å². The van der Waals surface area contributed by atoms with Crippen molar-refractivity contribution in [1.82, 2.24) is 14.9 Å². The quantitative estimate of drug-likeness (QED) is 0.909. The van der Waals surface area contributed by atoms with Gasteiger partial charge in [0, 0.05) is 18.1 Å². The minimum atomic E-state index is -0.108. The Balaban J connectivity index is 2.15. The van der Waals surface area contributed by atoms with Gasteiger partial charge in [-0.05, 0) is 40.2 Å². The second-order valence-corrected chi connectivity index (χ2v) is 7.17. The third kappa shape index (κ3) is 5.05. The minimum Gasteiger partial charge on any atom is -0.364 e. The van der Waals surface area contributed by atoms with Crippen molar-refractivity contribution < 1.29 is 4.79 Å². The average molecular weight is 326 g/mol. The molecule has 0 unspecified atom stereocenters. The number of hydrogen-bond acceptors (Lipinski definition) is 4. The summed E-state index contributed by atoms with van der Waals surface area (Å²) < 4.78 is 0. The lowest BCUT2D eigenvalue weighted by Crippen LogP contribution is -2.37. The van der Waals surface area contributed by atoms with Crippen molar-refractivity contribution in [2.45, 2.75) is 52.7 Å².